The van der Waals surface area contributed by atoms with Crippen molar-refractivity contribution in [3.63, 3.8) is 0 Å². The van der Waals surface area contributed by atoms with Gasteiger partial charge in [-0.3, -0.25) is 9.78 Å². The number of nitrogens with zero attached hydrogens (tertiary/aromatic N) is 1. The number of aliphatic hydroxyl groups is 1. The fraction of sp³-hybridized carbons (Fsp3) is 0.378. The van der Waals surface area contributed by atoms with Crippen LogP contribution in [0, 0.1) is 17.9 Å². The number of pyridine rings is 1. The molecule has 0 amide bonds. The van der Waals surface area contributed by atoms with Gasteiger partial charge in [0.1, 0.15) is 0 Å². The molecular weight excluding hydrogens is 779 g/mol. The normalized spacial score (nSPS) is 13.6. The summed E-state index contributed by atoms with van der Waals surface area (Å²) in [7, 11) is 0. The summed E-state index contributed by atoms with van der Waals surface area (Å²) < 4.78 is 0. The molecule has 6 rings (SSSR count). The van der Waals surface area contributed by atoms with Crippen molar-refractivity contribution in [2.24, 2.45) is 11.8 Å². The van der Waals surface area contributed by atoms with Crippen LogP contribution in [-0.4, -0.2) is 15.9 Å². The summed E-state index contributed by atoms with van der Waals surface area (Å²) in [6.07, 6.45) is 4.91. The summed E-state index contributed by atoms with van der Waals surface area (Å²) in [5.74, 6) is 0.547. The molecule has 49 heavy (non-hydrogen) atoms. The topological polar surface area (TPSA) is 50.2 Å². The molecule has 0 aliphatic heterocycles. The van der Waals surface area contributed by atoms with E-state index in [1.165, 1.54) is 44.7 Å². The maximum Gasteiger partial charge on any atom is 0.162 e. The van der Waals surface area contributed by atoms with Crippen LogP contribution in [0.3, 0.4) is 0 Å². The molecule has 0 spiro atoms. The number of ketones is 1. The molecule has 3 nitrogen and oxygen atoms in total. The van der Waals surface area contributed by atoms with Crippen molar-refractivity contribution >= 4 is 27.5 Å². The number of carbonyl (C=O) groups excluding carboxylic acids is 1. The zero-order chi connectivity index (χ0) is 34.8. The van der Waals surface area contributed by atoms with E-state index in [9.17, 15) is 9.90 Å². The van der Waals surface area contributed by atoms with Gasteiger partial charge in [-0.2, -0.15) is 0 Å². The zero-order valence-electron chi connectivity index (χ0n) is 30.7. The van der Waals surface area contributed by atoms with E-state index < -0.39 is 0 Å². The largest absolute Gasteiger partial charge is 0.512 e. The Hall–Kier alpha value is -3.59. The van der Waals surface area contributed by atoms with Crippen LogP contribution in [0.5, 0.6) is 0 Å². The summed E-state index contributed by atoms with van der Waals surface area (Å²) in [6, 6.07) is 32.1. The van der Waals surface area contributed by atoms with Gasteiger partial charge in [0.25, 0.3) is 0 Å². The Morgan fingerprint density at radius 3 is 2.04 bits per heavy atom. The summed E-state index contributed by atoms with van der Waals surface area (Å²) in [5, 5.41) is 13.4. The van der Waals surface area contributed by atoms with Crippen LogP contribution in [-0.2, 0) is 35.7 Å². The number of benzene rings is 4. The van der Waals surface area contributed by atoms with Gasteiger partial charge in [-0.1, -0.05) is 134 Å². The fourth-order valence-electron chi connectivity index (χ4n) is 7.46. The van der Waals surface area contributed by atoms with Crippen molar-refractivity contribution in [3.8, 4) is 22.4 Å². The minimum atomic E-state index is -0.0904. The Bertz CT molecular complexity index is 1970. The number of allylic oxidation sites excluding steroid dienone is 2. The monoisotopic (exact) mass is 831 g/mol. The standard InChI is InChI=1S/C32H28N.C13H24O2.Ir/c1-31(2,3)26-19-21(18-20-12-6-7-13-22(20)26)30-28-23-14-8-10-16-25(23)32(4,5)29(28)24-15-9-11-17-27(24)33-30;1-5-10(6-2)12(14)9-13(15)11(7-3)8-4;/h6-17,19H,1-5H3;9-11,14H,5-8H2,1-4H3;/q-1;;/b;12-9-;. The molecule has 1 aliphatic carbocycles. The fourth-order valence-corrected chi connectivity index (χ4v) is 7.46. The Morgan fingerprint density at radius 2 is 1.41 bits per heavy atom. The van der Waals surface area contributed by atoms with Crippen LogP contribution < -0.4 is 0 Å². The molecule has 1 heterocycles. The van der Waals surface area contributed by atoms with Gasteiger partial charge in [-0.25, -0.2) is 0 Å². The summed E-state index contributed by atoms with van der Waals surface area (Å²) in [6.45, 7) is 19.6. The molecule has 0 saturated heterocycles. The Balaban J connectivity index is 0.000000290. The van der Waals surface area contributed by atoms with Gasteiger partial charge < -0.3 is 5.11 Å². The van der Waals surface area contributed by atoms with Gasteiger partial charge in [0, 0.05) is 54.5 Å². The predicted octanol–water partition coefficient (Wildman–Crippen LogP) is 12.3. The van der Waals surface area contributed by atoms with Crippen LogP contribution >= 0.6 is 0 Å². The molecule has 1 radical (unpaired) electrons. The second-order valence-electron chi connectivity index (χ2n) is 14.8. The molecule has 1 aliphatic rings. The SMILES string of the molecule is CC(C)(C)c1cc(-c2nc3ccccc3c3c2-c2ccccc2C3(C)C)[c-]c2ccccc12.CCC(CC)C(=O)/C=C(\O)C(CC)CC.[Ir]. The van der Waals surface area contributed by atoms with Crippen LogP contribution in [0.25, 0.3) is 44.1 Å². The maximum atomic E-state index is 11.7. The number of carbonyl (C=O) groups is 1. The summed E-state index contributed by atoms with van der Waals surface area (Å²) in [4.78, 5) is 17.0. The second kappa shape index (κ2) is 15.5. The molecule has 5 aromatic rings. The number of hydrogen-bond acceptors (Lipinski definition) is 3. The average molecular weight is 831 g/mol. The van der Waals surface area contributed by atoms with E-state index in [2.05, 4.69) is 120 Å². The van der Waals surface area contributed by atoms with Crippen molar-refractivity contribution in [2.75, 3.05) is 0 Å². The maximum absolute atomic E-state index is 11.7. The molecule has 0 unspecified atom stereocenters. The molecule has 4 heteroatoms. The second-order valence-corrected chi connectivity index (χ2v) is 14.8. The number of rotatable bonds is 8. The molecule has 1 aromatic heterocycles. The van der Waals surface area contributed by atoms with Gasteiger partial charge >= 0.3 is 0 Å². The van der Waals surface area contributed by atoms with E-state index >= 15 is 0 Å². The van der Waals surface area contributed by atoms with E-state index in [0.29, 0.717) is 0 Å². The van der Waals surface area contributed by atoms with E-state index in [0.717, 1.165) is 47.8 Å². The first-order chi connectivity index (χ1) is 22.9. The third-order valence-corrected chi connectivity index (χ3v) is 10.3. The number of hydrogen-bond donors (Lipinski definition) is 1. The third kappa shape index (κ3) is 7.47. The average Bonchev–Trinajstić information content (AvgIpc) is 3.32. The van der Waals surface area contributed by atoms with Crippen LogP contribution in [0.2, 0.25) is 0 Å². The first-order valence-corrected chi connectivity index (χ1v) is 17.8. The van der Waals surface area contributed by atoms with E-state index in [-0.39, 0.29) is 54.3 Å². The van der Waals surface area contributed by atoms with Crippen molar-refractivity contribution in [1.29, 1.82) is 0 Å². The summed E-state index contributed by atoms with van der Waals surface area (Å²) in [5.41, 5.74) is 9.73. The Morgan fingerprint density at radius 1 is 0.837 bits per heavy atom. The van der Waals surface area contributed by atoms with Gasteiger partial charge in [0.2, 0.25) is 0 Å². The molecule has 0 fully saturated rings. The number of para-hydroxylation sites is 1. The molecule has 0 saturated carbocycles. The number of aliphatic hydroxyl groups excluding tert-OH is 1. The molecule has 0 bridgehead atoms. The van der Waals surface area contributed by atoms with Crippen molar-refractivity contribution in [1.82, 2.24) is 4.98 Å². The molecular formula is C45H52IrNO2-. The molecule has 1 N–H and O–H groups in total. The van der Waals surface area contributed by atoms with Gasteiger partial charge in [-0.15, -0.1) is 29.1 Å². The van der Waals surface area contributed by atoms with Crippen molar-refractivity contribution < 1.29 is 30.0 Å². The van der Waals surface area contributed by atoms with E-state index in [1.54, 1.807) is 0 Å². The molecule has 4 aromatic carbocycles. The van der Waals surface area contributed by atoms with E-state index in [4.69, 9.17) is 4.98 Å². The molecule has 0 atom stereocenters. The van der Waals surface area contributed by atoms with Gasteiger partial charge in [0.15, 0.2) is 5.78 Å². The van der Waals surface area contributed by atoms with Gasteiger partial charge in [-0.05, 0) is 59.4 Å². The van der Waals surface area contributed by atoms with Crippen molar-refractivity contribution in [2.45, 2.75) is 98.8 Å². The smallest absolute Gasteiger partial charge is 0.162 e. The molecule has 259 valence electrons. The Labute approximate surface area is 307 Å². The first-order valence-electron chi connectivity index (χ1n) is 17.8. The zero-order valence-corrected chi connectivity index (χ0v) is 33.1. The minimum absolute atomic E-state index is 0. The quantitative estimate of drug-likeness (QED) is 0.0963. The summed E-state index contributed by atoms with van der Waals surface area (Å²) >= 11 is 0. The van der Waals surface area contributed by atoms with Gasteiger partial charge in [0.05, 0.1) is 11.3 Å². The Kier molecular flexibility index (Phi) is 12.1. The number of fused-ring (bicyclic) bond motifs is 6. The number of aromatic nitrogens is 1. The van der Waals surface area contributed by atoms with Crippen LogP contribution in [0.4, 0.5) is 0 Å². The van der Waals surface area contributed by atoms with E-state index in [1.807, 2.05) is 27.7 Å². The predicted molar refractivity (Wildman–Crippen MR) is 204 cm³/mol. The van der Waals surface area contributed by atoms with Crippen LogP contribution in [0.1, 0.15) is 105 Å². The van der Waals surface area contributed by atoms with Crippen LogP contribution in [0.15, 0.2) is 90.7 Å². The third-order valence-electron chi connectivity index (χ3n) is 10.3. The minimum Gasteiger partial charge on any atom is -0.512 e. The first kappa shape index (κ1) is 38.2. The van der Waals surface area contributed by atoms with Crippen molar-refractivity contribution in [3.05, 3.63) is 113 Å².